The SMILES string of the molecule is CC(C)N(C(C)C)P(OCCC#N)OCCCCCC1(C)CC2=Cc3cc4c5c(c3OC2CCNc2c1ccc1ccccc21)CCCN5CCC4. The molecule has 8 heteroatoms. The molecule has 1 N–H and O–H groups in total. The molecule has 0 saturated carbocycles. The van der Waals surface area contributed by atoms with E-state index in [1.54, 1.807) is 0 Å². The molecule has 52 heavy (non-hydrogen) atoms. The van der Waals surface area contributed by atoms with Gasteiger partial charge in [0.1, 0.15) is 11.9 Å². The van der Waals surface area contributed by atoms with Crippen LogP contribution >= 0.6 is 8.53 Å². The van der Waals surface area contributed by atoms with Gasteiger partial charge in [0.25, 0.3) is 8.53 Å². The van der Waals surface area contributed by atoms with Crippen LogP contribution in [-0.2, 0) is 27.3 Å². The molecule has 4 heterocycles. The Labute approximate surface area is 313 Å². The first kappa shape index (κ1) is 37.2. The molecule has 0 aliphatic carbocycles. The zero-order valence-electron chi connectivity index (χ0n) is 32.2. The van der Waals surface area contributed by atoms with Crippen LogP contribution in [0.3, 0.4) is 0 Å². The minimum atomic E-state index is -1.21. The predicted molar refractivity (Wildman–Crippen MR) is 216 cm³/mol. The number of aryl methyl sites for hydroxylation is 1. The number of nitrogens with one attached hydrogen (secondary N) is 1. The van der Waals surface area contributed by atoms with Crippen LogP contribution in [0.15, 0.2) is 48.0 Å². The lowest BCUT2D eigenvalue weighted by molar-refractivity contribution is 0.174. The third kappa shape index (κ3) is 7.74. The summed E-state index contributed by atoms with van der Waals surface area (Å²) in [6.45, 7) is 15.6. The second-order valence-corrected chi connectivity index (χ2v) is 17.6. The molecule has 0 saturated heterocycles. The first-order chi connectivity index (χ1) is 25.3. The van der Waals surface area contributed by atoms with Crippen LogP contribution in [0, 0.1) is 11.3 Å². The Bertz CT molecular complexity index is 1790. The van der Waals surface area contributed by atoms with Crippen LogP contribution in [0.5, 0.6) is 5.75 Å². The van der Waals surface area contributed by atoms with E-state index in [-0.39, 0.29) is 11.5 Å². The number of ether oxygens (including phenoxy) is 1. The number of benzene rings is 3. The van der Waals surface area contributed by atoms with Gasteiger partial charge in [-0.2, -0.15) is 5.26 Å². The van der Waals surface area contributed by atoms with Gasteiger partial charge in [-0.15, -0.1) is 0 Å². The Kier molecular flexibility index (Phi) is 11.8. The topological polar surface area (TPSA) is 70.0 Å². The third-order valence-electron chi connectivity index (χ3n) is 11.6. The lowest BCUT2D eigenvalue weighted by Gasteiger charge is -2.40. The molecule has 3 atom stereocenters. The first-order valence-electron chi connectivity index (χ1n) is 20.1. The van der Waals surface area contributed by atoms with Gasteiger partial charge in [0.15, 0.2) is 0 Å². The van der Waals surface area contributed by atoms with E-state index in [2.05, 4.69) is 104 Å². The highest BCUT2D eigenvalue weighted by atomic mass is 31.2. The van der Waals surface area contributed by atoms with Gasteiger partial charge in [0.05, 0.1) is 25.7 Å². The normalized spacial score (nSPS) is 21.5. The van der Waals surface area contributed by atoms with Gasteiger partial charge >= 0.3 is 0 Å². The quantitative estimate of drug-likeness (QED) is 0.139. The van der Waals surface area contributed by atoms with E-state index in [0.29, 0.717) is 31.7 Å². The highest BCUT2D eigenvalue weighted by Gasteiger charge is 2.38. The summed E-state index contributed by atoms with van der Waals surface area (Å²) in [4.78, 5) is 2.63. The zero-order chi connectivity index (χ0) is 36.2. The number of hydrogen-bond acceptors (Lipinski definition) is 7. The molecule has 0 amide bonds. The predicted octanol–water partition coefficient (Wildman–Crippen LogP) is 10.7. The van der Waals surface area contributed by atoms with Crippen LogP contribution < -0.4 is 15.0 Å². The molecule has 3 aromatic carbocycles. The van der Waals surface area contributed by atoms with Crippen molar-refractivity contribution in [1.82, 2.24) is 4.67 Å². The molecule has 4 aliphatic rings. The van der Waals surface area contributed by atoms with E-state index in [1.165, 1.54) is 82.3 Å². The molecule has 3 aromatic rings. The van der Waals surface area contributed by atoms with Crippen LogP contribution in [0.1, 0.15) is 115 Å². The Morgan fingerprint density at radius 2 is 1.81 bits per heavy atom. The highest BCUT2D eigenvalue weighted by Crippen LogP contribution is 2.50. The van der Waals surface area contributed by atoms with Crippen molar-refractivity contribution in [3.05, 3.63) is 70.3 Å². The Balaban J connectivity index is 1.13. The van der Waals surface area contributed by atoms with Crippen molar-refractivity contribution in [2.75, 3.05) is 43.1 Å². The first-order valence-corrected chi connectivity index (χ1v) is 21.2. The van der Waals surface area contributed by atoms with Crippen LogP contribution in [0.2, 0.25) is 0 Å². The van der Waals surface area contributed by atoms with Crippen LogP contribution in [0.4, 0.5) is 11.4 Å². The fourth-order valence-corrected chi connectivity index (χ4v) is 11.0. The van der Waals surface area contributed by atoms with Crippen molar-refractivity contribution in [3.8, 4) is 11.8 Å². The lowest BCUT2D eigenvalue weighted by Crippen LogP contribution is -2.36. The maximum Gasteiger partial charge on any atom is 0.259 e. The van der Waals surface area contributed by atoms with Crippen molar-refractivity contribution >= 4 is 36.7 Å². The van der Waals surface area contributed by atoms with Gasteiger partial charge < -0.3 is 24.0 Å². The minimum Gasteiger partial charge on any atom is -0.485 e. The molecule has 0 fully saturated rings. The summed E-state index contributed by atoms with van der Waals surface area (Å²) < 4.78 is 22.1. The molecule has 0 aromatic heterocycles. The third-order valence-corrected chi connectivity index (χ3v) is 13.7. The van der Waals surface area contributed by atoms with Gasteiger partial charge in [0, 0.05) is 66.0 Å². The Hall–Kier alpha value is -3.14. The van der Waals surface area contributed by atoms with E-state index in [9.17, 15) is 0 Å². The zero-order valence-corrected chi connectivity index (χ0v) is 33.1. The Morgan fingerprint density at radius 3 is 2.62 bits per heavy atom. The summed E-state index contributed by atoms with van der Waals surface area (Å²) >= 11 is 0. The molecule has 0 spiro atoms. The number of fused-ring (bicyclic) bond motifs is 6. The second-order valence-electron chi connectivity index (χ2n) is 16.2. The van der Waals surface area contributed by atoms with Crippen LogP contribution in [0.25, 0.3) is 16.8 Å². The van der Waals surface area contributed by atoms with Gasteiger partial charge in [-0.25, -0.2) is 4.67 Å². The monoisotopic (exact) mass is 722 g/mol. The molecule has 0 bridgehead atoms. The van der Waals surface area contributed by atoms with E-state index in [4.69, 9.17) is 19.0 Å². The van der Waals surface area contributed by atoms with E-state index in [1.807, 2.05) is 0 Å². The number of anilines is 2. The fraction of sp³-hybridized carbons (Fsp3) is 0.568. The molecule has 7 nitrogen and oxygen atoms in total. The number of unbranched alkanes of at least 4 members (excludes halogenated alkanes) is 2. The van der Waals surface area contributed by atoms with E-state index in [0.717, 1.165) is 57.2 Å². The minimum absolute atomic E-state index is 0.0686. The average molecular weight is 723 g/mol. The van der Waals surface area contributed by atoms with Gasteiger partial charge in [0.2, 0.25) is 0 Å². The summed E-state index contributed by atoms with van der Waals surface area (Å²) in [6.07, 6.45) is 13.9. The maximum atomic E-state index is 9.09. The van der Waals surface area contributed by atoms with E-state index >= 15 is 0 Å². The van der Waals surface area contributed by atoms with Crippen molar-refractivity contribution < 1.29 is 13.8 Å². The molecule has 0 radical (unpaired) electrons. The van der Waals surface area contributed by atoms with Crippen LogP contribution in [-0.4, -0.2) is 55.7 Å². The number of nitriles is 1. The average Bonchev–Trinajstić information content (AvgIpc) is 3.18. The largest absolute Gasteiger partial charge is 0.485 e. The fourth-order valence-electron chi connectivity index (χ4n) is 9.33. The van der Waals surface area contributed by atoms with Gasteiger partial charge in [-0.1, -0.05) is 56.2 Å². The Morgan fingerprint density at radius 1 is 1.02 bits per heavy atom. The van der Waals surface area contributed by atoms with Gasteiger partial charge in [-0.3, -0.25) is 0 Å². The van der Waals surface area contributed by atoms with Crippen molar-refractivity contribution in [2.45, 2.75) is 129 Å². The lowest BCUT2D eigenvalue weighted by atomic mass is 9.71. The summed E-state index contributed by atoms with van der Waals surface area (Å²) in [5.74, 6) is 1.16. The van der Waals surface area contributed by atoms with Crippen molar-refractivity contribution in [3.63, 3.8) is 0 Å². The number of rotatable bonds is 13. The van der Waals surface area contributed by atoms with E-state index < -0.39 is 8.53 Å². The molecule has 278 valence electrons. The van der Waals surface area contributed by atoms with Crippen molar-refractivity contribution in [1.29, 1.82) is 5.26 Å². The second kappa shape index (κ2) is 16.5. The van der Waals surface area contributed by atoms with Crippen molar-refractivity contribution in [2.24, 2.45) is 0 Å². The molecular formula is C44H59N4O3P. The summed E-state index contributed by atoms with van der Waals surface area (Å²) in [6, 6.07) is 18.8. The summed E-state index contributed by atoms with van der Waals surface area (Å²) in [5, 5.41) is 15.6. The summed E-state index contributed by atoms with van der Waals surface area (Å²) in [5.41, 5.74) is 9.87. The molecule has 4 aliphatic heterocycles. The standard InChI is InChI=1S/C44H59N4O3P/c1-31(2)48(32(3)4)52(50-27-13-22-45)49-26-10-6-9-21-44(5)30-36-29-35-28-34-15-11-24-47-25-12-17-38(42(34)47)43(35)51-40(36)20-23-46-41-37-16-8-7-14-33(37)18-19-39(41)44/h7-8,14,16,18-19,28-29,31-32,40,46H,6,9-13,15,17,20-21,23-27,30H2,1-5H3. The van der Waals surface area contributed by atoms with Gasteiger partial charge in [-0.05, 0) is 112 Å². The highest BCUT2D eigenvalue weighted by molar-refractivity contribution is 7.44. The smallest absolute Gasteiger partial charge is 0.259 e. The summed E-state index contributed by atoms with van der Waals surface area (Å²) in [7, 11) is -1.21. The molecule has 3 unspecified atom stereocenters. The maximum absolute atomic E-state index is 9.09. The molecular weight excluding hydrogens is 663 g/mol. The number of nitrogens with zero attached hydrogens (tertiary/aromatic N) is 3. The number of hydrogen-bond donors (Lipinski definition) is 1. The molecule has 7 rings (SSSR count).